The van der Waals surface area contributed by atoms with E-state index in [1.54, 1.807) is 0 Å². The fraction of sp³-hybridized carbons (Fsp3) is 0.938. The van der Waals surface area contributed by atoms with Crippen LogP contribution in [0.3, 0.4) is 0 Å². The molecule has 6 nitrogen and oxygen atoms in total. The molecule has 3 heterocycles. The van der Waals surface area contributed by atoms with Crippen LogP contribution in [-0.2, 0) is 9.47 Å². The van der Waals surface area contributed by atoms with E-state index in [-0.39, 0.29) is 11.6 Å². The third-order valence-corrected chi connectivity index (χ3v) is 5.30. The number of guanidine groups is 1. The summed E-state index contributed by atoms with van der Waals surface area (Å²) in [5, 5.41) is 0. The summed E-state index contributed by atoms with van der Waals surface area (Å²) < 4.78 is 11.2. The maximum Gasteiger partial charge on any atom is 0.191 e. The van der Waals surface area contributed by atoms with Crippen molar-refractivity contribution in [3.05, 3.63) is 0 Å². The topological polar surface area (TPSA) is 63.3 Å². The zero-order chi connectivity index (χ0) is 15.4. The van der Waals surface area contributed by atoms with Crippen molar-refractivity contribution in [3.63, 3.8) is 0 Å². The molecule has 0 aromatic heterocycles. The molecule has 3 aliphatic heterocycles. The molecule has 0 bridgehead atoms. The summed E-state index contributed by atoms with van der Waals surface area (Å²) in [6.45, 7) is 9.41. The third-order valence-electron chi connectivity index (χ3n) is 5.30. The van der Waals surface area contributed by atoms with Gasteiger partial charge in [0.2, 0.25) is 0 Å². The number of aliphatic imine (C=N–C) groups is 1. The van der Waals surface area contributed by atoms with Gasteiger partial charge in [-0.25, -0.2) is 0 Å². The minimum atomic E-state index is 0.164. The molecule has 1 atom stereocenters. The molecule has 0 spiro atoms. The summed E-state index contributed by atoms with van der Waals surface area (Å²) in [6, 6.07) is 0. The number of morpholine rings is 1. The second-order valence-corrected chi connectivity index (χ2v) is 6.83. The van der Waals surface area contributed by atoms with E-state index in [1.165, 1.54) is 25.9 Å². The lowest BCUT2D eigenvalue weighted by Crippen LogP contribution is -2.54. The van der Waals surface area contributed by atoms with Gasteiger partial charge in [0.05, 0.1) is 19.3 Å². The molecule has 3 fully saturated rings. The fourth-order valence-electron chi connectivity index (χ4n) is 3.87. The van der Waals surface area contributed by atoms with Crippen molar-refractivity contribution >= 4 is 5.96 Å². The minimum absolute atomic E-state index is 0.164. The number of ether oxygens (including phenoxy) is 2. The van der Waals surface area contributed by atoms with E-state index in [9.17, 15) is 0 Å². The van der Waals surface area contributed by atoms with Crippen molar-refractivity contribution in [1.82, 2.24) is 9.80 Å². The van der Waals surface area contributed by atoms with Crippen LogP contribution in [0.4, 0.5) is 0 Å². The van der Waals surface area contributed by atoms with Crippen LogP contribution in [0.2, 0.25) is 0 Å². The second-order valence-electron chi connectivity index (χ2n) is 6.83. The molecule has 0 amide bonds. The Hall–Kier alpha value is -0.850. The maximum atomic E-state index is 6.26. The third kappa shape index (κ3) is 3.55. The average Bonchev–Trinajstić information content (AvgIpc) is 3.09. The zero-order valence-electron chi connectivity index (χ0n) is 13.8. The van der Waals surface area contributed by atoms with Crippen molar-refractivity contribution in [1.29, 1.82) is 0 Å². The Labute approximate surface area is 133 Å². The molecule has 6 heteroatoms. The SMILES string of the molecule is CC1CN(C(N)=NCC2(N3CCCC3)CCOCC2)CCO1. The van der Waals surface area contributed by atoms with Gasteiger partial charge in [0.25, 0.3) is 0 Å². The van der Waals surface area contributed by atoms with Gasteiger partial charge >= 0.3 is 0 Å². The molecule has 126 valence electrons. The van der Waals surface area contributed by atoms with Crippen LogP contribution < -0.4 is 5.73 Å². The molecule has 22 heavy (non-hydrogen) atoms. The van der Waals surface area contributed by atoms with Crippen molar-refractivity contribution in [2.24, 2.45) is 10.7 Å². The van der Waals surface area contributed by atoms with Gasteiger partial charge in [-0.05, 0) is 45.7 Å². The number of rotatable bonds is 3. The Morgan fingerprint density at radius 2 is 1.91 bits per heavy atom. The molecular weight excluding hydrogens is 280 g/mol. The summed E-state index contributed by atoms with van der Waals surface area (Å²) >= 11 is 0. The highest BCUT2D eigenvalue weighted by atomic mass is 16.5. The van der Waals surface area contributed by atoms with Crippen molar-refractivity contribution in [2.45, 2.75) is 44.2 Å². The smallest absolute Gasteiger partial charge is 0.191 e. The highest BCUT2D eigenvalue weighted by molar-refractivity contribution is 5.78. The number of nitrogens with two attached hydrogens (primary N) is 1. The minimum Gasteiger partial charge on any atom is -0.381 e. The maximum absolute atomic E-state index is 6.26. The highest BCUT2D eigenvalue weighted by Crippen LogP contribution is 2.31. The van der Waals surface area contributed by atoms with Gasteiger partial charge in [-0.2, -0.15) is 0 Å². The Balaban J connectivity index is 1.66. The molecule has 0 aliphatic carbocycles. The summed E-state index contributed by atoms with van der Waals surface area (Å²) in [7, 11) is 0. The summed E-state index contributed by atoms with van der Waals surface area (Å²) in [6.07, 6.45) is 5.00. The first-order chi connectivity index (χ1) is 10.7. The van der Waals surface area contributed by atoms with Crippen molar-refractivity contribution in [2.75, 3.05) is 52.5 Å². The van der Waals surface area contributed by atoms with E-state index in [1.807, 2.05) is 0 Å². The highest BCUT2D eigenvalue weighted by Gasteiger charge is 2.39. The molecule has 3 rings (SSSR count). The predicted octanol–water partition coefficient (Wildman–Crippen LogP) is 0.667. The monoisotopic (exact) mass is 310 g/mol. The van der Waals surface area contributed by atoms with Gasteiger partial charge in [-0.3, -0.25) is 9.89 Å². The van der Waals surface area contributed by atoms with E-state index in [4.69, 9.17) is 20.2 Å². The van der Waals surface area contributed by atoms with Gasteiger partial charge < -0.3 is 20.1 Å². The lowest BCUT2D eigenvalue weighted by Gasteiger charge is -2.44. The first kappa shape index (κ1) is 16.0. The van der Waals surface area contributed by atoms with E-state index in [2.05, 4.69) is 16.7 Å². The quantitative estimate of drug-likeness (QED) is 0.613. The number of hydrogen-bond acceptors (Lipinski definition) is 4. The van der Waals surface area contributed by atoms with Crippen LogP contribution in [0.5, 0.6) is 0 Å². The molecule has 2 N–H and O–H groups in total. The molecule has 3 aliphatic rings. The van der Waals surface area contributed by atoms with E-state index < -0.39 is 0 Å². The second kappa shape index (κ2) is 7.15. The Kier molecular flexibility index (Phi) is 5.21. The largest absolute Gasteiger partial charge is 0.381 e. The van der Waals surface area contributed by atoms with E-state index in [0.717, 1.165) is 52.3 Å². The van der Waals surface area contributed by atoms with Crippen LogP contribution in [0.15, 0.2) is 4.99 Å². The van der Waals surface area contributed by atoms with Gasteiger partial charge in [0.15, 0.2) is 5.96 Å². The molecule has 0 aromatic carbocycles. The molecule has 0 radical (unpaired) electrons. The lowest BCUT2D eigenvalue weighted by molar-refractivity contribution is -0.0144. The van der Waals surface area contributed by atoms with Crippen LogP contribution in [0.25, 0.3) is 0 Å². The molecule has 0 saturated carbocycles. The Bertz CT molecular complexity index is 390. The molecule has 0 aromatic rings. The molecular formula is C16H30N4O2. The van der Waals surface area contributed by atoms with Crippen LogP contribution in [-0.4, -0.2) is 79.9 Å². The molecule has 3 saturated heterocycles. The zero-order valence-corrected chi connectivity index (χ0v) is 13.8. The van der Waals surface area contributed by atoms with Crippen LogP contribution in [0.1, 0.15) is 32.6 Å². The molecule has 1 unspecified atom stereocenters. The number of nitrogens with zero attached hydrogens (tertiary/aromatic N) is 3. The average molecular weight is 310 g/mol. The predicted molar refractivity (Wildman–Crippen MR) is 87.1 cm³/mol. The van der Waals surface area contributed by atoms with E-state index in [0.29, 0.717) is 5.96 Å². The summed E-state index contributed by atoms with van der Waals surface area (Å²) in [5.41, 5.74) is 6.42. The van der Waals surface area contributed by atoms with Gasteiger partial charge in [0, 0.05) is 31.8 Å². The lowest BCUT2D eigenvalue weighted by atomic mass is 9.88. The van der Waals surface area contributed by atoms with Crippen molar-refractivity contribution < 1.29 is 9.47 Å². The van der Waals surface area contributed by atoms with Crippen LogP contribution in [0, 0.1) is 0 Å². The summed E-state index contributed by atoms with van der Waals surface area (Å²) in [4.78, 5) is 9.58. The normalized spacial score (nSPS) is 30.7. The Morgan fingerprint density at radius 1 is 1.18 bits per heavy atom. The van der Waals surface area contributed by atoms with Gasteiger partial charge in [-0.1, -0.05) is 0 Å². The first-order valence-electron chi connectivity index (χ1n) is 8.69. The van der Waals surface area contributed by atoms with E-state index >= 15 is 0 Å². The summed E-state index contributed by atoms with van der Waals surface area (Å²) in [5.74, 6) is 0.681. The van der Waals surface area contributed by atoms with Gasteiger partial charge in [0.1, 0.15) is 0 Å². The van der Waals surface area contributed by atoms with Crippen LogP contribution >= 0.6 is 0 Å². The first-order valence-corrected chi connectivity index (χ1v) is 8.69. The van der Waals surface area contributed by atoms with Gasteiger partial charge in [-0.15, -0.1) is 0 Å². The fourth-order valence-corrected chi connectivity index (χ4v) is 3.87. The number of likely N-dealkylation sites (tertiary alicyclic amines) is 1. The number of hydrogen-bond donors (Lipinski definition) is 1. The Morgan fingerprint density at radius 3 is 2.59 bits per heavy atom. The van der Waals surface area contributed by atoms with Crippen molar-refractivity contribution in [3.8, 4) is 0 Å². The standard InChI is InChI=1S/C16H30N4O2/c1-14-12-19(8-11-22-14)15(17)18-13-16(4-9-21-10-5-16)20-6-2-3-7-20/h14H,2-13H2,1H3,(H2,17,18).